The van der Waals surface area contributed by atoms with Gasteiger partial charge in [-0.05, 0) is 65.5 Å². The molecule has 44 heavy (non-hydrogen) atoms. The van der Waals surface area contributed by atoms with Crippen LogP contribution in [0.2, 0.25) is 0 Å². The van der Waals surface area contributed by atoms with E-state index in [1.54, 1.807) is 41.5 Å². The van der Waals surface area contributed by atoms with E-state index >= 15 is 0 Å². The van der Waals surface area contributed by atoms with Gasteiger partial charge < -0.3 is 25.8 Å². The van der Waals surface area contributed by atoms with E-state index in [0.717, 1.165) is 36.8 Å². The van der Waals surface area contributed by atoms with Crippen LogP contribution in [0.3, 0.4) is 0 Å². The van der Waals surface area contributed by atoms with Gasteiger partial charge in [-0.15, -0.1) is 0 Å². The average Bonchev–Trinajstić information content (AvgIpc) is 2.92. The normalized spacial score (nSPS) is 12.9. The summed E-state index contributed by atoms with van der Waals surface area (Å²) in [7, 11) is 0. The minimum atomic E-state index is -1.14. The molecule has 4 N–H and O–H groups in total. The van der Waals surface area contributed by atoms with Crippen LogP contribution >= 0.6 is 0 Å². The van der Waals surface area contributed by atoms with Gasteiger partial charge in [0.25, 0.3) is 0 Å². The molecule has 0 aromatic heterocycles. The number of unbranched alkanes of at least 4 members (excludes halogenated alkanes) is 3. The van der Waals surface area contributed by atoms with Gasteiger partial charge >= 0.3 is 12.2 Å². The molecule has 2 rings (SSSR count). The molecule has 0 saturated carbocycles. The lowest BCUT2D eigenvalue weighted by Crippen LogP contribution is -2.57. The highest BCUT2D eigenvalue weighted by Crippen LogP contribution is 2.21. The fraction of sp³-hybridized carbons (Fsp3) is 0.529. The number of alkyl carbamates (subject to hydrolysis) is 1. The molecule has 2 aromatic carbocycles. The van der Waals surface area contributed by atoms with Crippen molar-refractivity contribution >= 4 is 24.0 Å². The molecule has 0 unspecified atom stereocenters. The Morgan fingerprint density at radius 1 is 0.727 bits per heavy atom. The first-order valence-corrected chi connectivity index (χ1v) is 15.3. The summed E-state index contributed by atoms with van der Waals surface area (Å²) >= 11 is 0. The maximum atomic E-state index is 13.2. The maximum Gasteiger partial charge on any atom is 0.408 e. The van der Waals surface area contributed by atoms with Crippen LogP contribution in [0.25, 0.3) is 0 Å². The zero-order valence-corrected chi connectivity index (χ0v) is 27.0. The van der Waals surface area contributed by atoms with Crippen molar-refractivity contribution in [3.63, 3.8) is 0 Å². The molecule has 4 amide bonds. The van der Waals surface area contributed by atoms with Crippen LogP contribution in [0, 0.1) is 0 Å². The van der Waals surface area contributed by atoms with E-state index in [0.29, 0.717) is 19.5 Å². The third kappa shape index (κ3) is 13.5. The van der Waals surface area contributed by atoms with Gasteiger partial charge in [-0.3, -0.25) is 14.5 Å². The molecule has 242 valence electrons. The quantitative estimate of drug-likeness (QED) is 0.202. The number of nitrogens with one attached hydrogen (secondary N) is 3. The second-order valence-electron chi connectivity index (χ2n) is 12.9. The average molecular weight is 611 g/mol. The largest absolute Gasteiger partial charge is 0.465 e. The molecule has 0 saturated heterocycles. The summed E-state index contributed by atoms with van der Waals surface area (Å²) in [5.41, 5.74) is 0.376. The van der Waals surface area contributed by atoms with Crippen molar-refractivity contribution in [3.05, 3.63) is 71.8 Å². The number of nitrogens with zero attached hydrogens (tertiary/aromatic N) is 1. The minimum absolute atomic E-state index is 0.279. The molecule has 2 atom stereocenters. The molecule has 0 spiro atoms. The molecule has 0 fully saturated rings. The summed E-state index contributed by atoms with van der Waals surface area (Å²) in [5.74, 6) is -0.598. The molecule has 10 heteroatoms. The van der Waals surface area contributed by atoms with Crippen LogP contribution in [0.5, 0.6) is 0 Å². The first kappa shape index (κ1) is 36.1. The van der Waals surface area contributed by atoms with Crippen molar-refractivity contribution in [2.45, 2.75) is 103 Å². The van der Waals surface area contributed by atoms with Gasteiger partial charge in [-0.25, -0.2) is 9.59 Å². The first-order chi connectivity index (χ1) is 20.7. The molecule has 0 radical (unpaired) electrons. The lowest BCUT2D eigenvalue weighted by molar-refractivity contribution is -0.127. The topological polar surface area (TPSA) is 137 Å². The molecule has 10 nitrogen and oxygen atoms in total. The molecule has 0 aliphatic rings. The van der Waals surface area contributed by atoms with E-state index in [1.165, 1.54) is 4.90 Å². The number of hydrogen-bond donors (Lipinski definition) is 4. The predicted octanol–water partition coefficient (Wildman–Crippen LogP) is 5.31. The Morgan fingerprint density at radius 2 is 1.20 bits per heavy atom. The highest BCUT2D eigenvalue weighted by Gasteiger charge is 2.37. The molecular formula is C34H50N4O6. The van der Waals surface area contributed by atoms with E-state index in [1.807, 2.05) is 60.7 Å². The van der Waals surface area contributed by atoms with E-state index in [2.05, 4.69) is 16.0 Å². The van der Waals surface area contributed by atoms with E-state index < -0.39 is 35.4 Å². The number of carbonyl (C=O) groups excluding carboxylic acids is 3. The highest BCUT2D eigenvalue weighted by molar-refractivity contribution is 5.86. The summed E-state index contributed by atoms with van der Waals surface area (Å²) < 4.78 is 5.35. The third-order valence-electron chi connectivity index (χ3n) is 6.81. The van der Waals surface area contributed by atoms with E-state index in [9.17, 15) is 24.3 Å². The van der Waals surface area contributed by atoms with Crippen molar-refractivity contribution in [3.8, 4) is 0 Å². The first-order valence-electron chi connectivity index (χ1n) is 15.3. The third-order valence-corrected chi connectivity index (χ3v) is 6.81. The van der Waals surface area contributed by atoms with Crippen LogP contribution in [-0.2, 0) is 27.2 Å². The number of carboxylic acid groups (broad SMARTS) is 1. The highest BCUT2D eigenvalue weighted by atomic mass is 16.6. The van der Waals surface area contributed by atoms with Gasteiger partial charge in [-0.2, -0.15) is 0 Å². The second kappa shape index (κ2) is 17.3. The standard InChI is InChI=1S/C34H50N4O6/c1-33(2,3)38(32(42)43)28(24-26-19-13-10-14-20-26)30(40)36-22-16-8-7-15-21-35-29(39)27(23-25-17-11-9-12-18-25)37-31(41)44-34(4,5)6/h9-14,17-20,27-28H,7-8,15-16,21-24H2,1-6H3,(H,35,39)(H,36,40)(H,37,41)(H,42,43)/t27-,28-/m0/s1. The molecule has 2 aromatic rings. The van der Waals surface area contributed by atoms with Gasteiger partial charge in [0.15, 0.2) is 0 Å². The number of ether oxygens (including phenoxy) is 1. The smallest absolute Gasteiger partial charge is 0.408 e. The van der Waals surface area contributed by atoms with Gasteiger partial charge in [0.1, 0.15) is 17.7 Å². The number of rotatable bonds is 15. The van der Waals surface area contributed by atoms with Crippen molar-refractivity contribution in [1.29, 1.82) is 0 Å². The van der Waals surface area contributed by atoms with E-state index in [-0.39, 0.29) is 18.2 Å². The minimum Gasteiger partial charge on any atom is -0.465 e. The summed E-state index contributed by atoms with van der Waals surface area (Å²) in [6.07, 6.45) is 1.95. The van der Waals surface area contributed by atoms with Crippen molar-refractivity contribution in [2.24, 2.45) is 0 Å². The van der Waals surface area contributed by atoms with Crippen LogP contribution in [0.4, 0.5) is 9.59 Å². The summed E-state index contributed by atoms with van der Waals surface area (Å²) in [5, 5.41) is 18.5. The summed E-state index contributed by atoms with van der Waals surface area (Å²) in [4.78, 5) is 51.9. The van der Waals surface area contributed by atoms with Gasteiger partial charge in [-0.1, -0.05) is 73.5 Å². The number of hydrogen-bond acceptors (Lipinski definition) is 5. The number of carbonyl (C=O) groups is 4. The zero-order valence-electron chi connectivity index (χ0n) is 27.0. The predicted molar refractivity (Wildman–Crippen MR) is 171 cm³/mol. The number of amides is 4. The molecule has 0 bridgehead atoms. The second-order valence-corrected chi connectivity index (χ2v) is 12.9. The van der Waals surface area contributed by atoms with Crippen molar-refractivity contribution < 1.29 is 29.0 Å². The number of benzene rings is 2. The lowest BCUT2D eigenvalue weighted by Gasteiger charge is -2.39. The van der Waals surface area contributed by atoms with Gasteiger partial charge in [0, 0.05) is 31.5 Å². The summed E-state index contributed by atoms with van der Waals surface area (Å²) in [6.45, 7) is 11.5. The molecule has 0 aliphatic carbocycles. The van der Waals surface area contributed by atoms with Crippen LogP contribution in [-0.4, -0.2) is 70.3 Å². The Balaban J connectivity index is 1.82. The molecular weight excluding hydrogens is 560 g/mol. The fourth-order valence-electron chi connectivity index (χ4n) is 4.80. The SMILES string of the molecule is CC(C)(C)OC(=O)N[C@@H](Cc1ccccc1)C(=O)NCCCCCCNC(=O)[C@H](Cc1ccccc1)N(C(=O)O)C(C)(C)C. The van der Waals surface area contributed by atoms with Crippen LogP contribution < -0.4 is 16.0 Å². The molecule has 0 heterocycles. The monoisotopic (exact) mass is 610 g/mol. The Morgan fingerprint density at radius 3 is 1.66 bits per heavy atom. The Kier molecular flexibility index (Phi) is 14.2. The Bertz CT molecular complexity index is 1190. The Hall–Kier alpha value is -4.08. The summed E-state index contributed by atoms with van der Waals surface area (Å²) in [6, 6.07) is 17.2. The maximum absolute atomic E-state index is 13.2. The van der Waals surface area contributed by atoms with Gasteiger partial charge in [0.2, 0.25) is 11.8 Å². The van der Waals surface area contributed by atoms with Gasteiger partial charge in [0.05, 0.1) is 0 Å². The Labute approximate surface area is 261 Å². The van der Waals surface area contributed by atoms with Crippen LogP contribution in [0.1, 0.15) is 78.4 Å². The molecule has 0 aliphatic heterocycles. The van der Waals surface area contributed by atoms with E-state index in [4.69, 9.17) is 4.74 Å². The fourth-order valence-corrected chi connectivity index (χ4v) is 4.80. The van der Waals surface area contributed by atoms with Crippen molar-refractivity contribution in [2.75, 3.05) is 13.1 Å². The van der Waals surface area contributed by atoms with Crippen LogP contribution in [0.15, 0.2) is 60.7 Å². The lowest BCUT2D eigenvalue weighted by atomic mass is 9.98. The van der Waals surface area contributed by atoms with Crippen molar-refractivity contribution in [1.82, 2.24) is 20.9 Å². The zero-order chi connectivity index (χ0) is 32.8.